The zero-order chi connectivity index (χ0) is 17.9. The standard InChI is InChI=1S/C9H12BrNO.C8H10BrNO2/c1-2-3-6-11-7-8(10)4-5-9(11)12;9-7-2-3-8(12)10(6-7)4-1-5-11/h4-5,7H,2-3,6H2,1H3;2-3,6,11H,1,4-5H2. The van der Waals surface area contributed by atoms with E-state index in [1.807, 2.05) is 6.20 Å². The van der Waals surface area contributed by atoms with Crippen LogP contribution < -0.4 is 11.1 Å². The molecule has 0 aromatic carbocycles. The van der Waals surface area contributed by atoms with Gasteiger partial charge in [0.2, 0.25) is 0 Å². The summed E-state index contributed by atoms with van der Waals surface area (Å²) >= 11 is 6.59. The Hall–Kier alpha value is -1.18. The summed E-state index contributed by atoms with van der Waals surface area (Å²) in [6, 6.07) is 6.56. The molecule has 5 nitrogen and oxygen atoms in total. The zero-order valence-electron chi connectivity index (χ0n) is 13.6. The smallest absolute Gasteiger partial charge is 0.250 e. The summed E-state index contributed by atoms with van der Waals surface area (Å²) in [7, 11) is 0. The third-order valence-corrected chi connectivity index (χ3v) is 4.14. The van der Waals surface area contributed by atoms with Crippen LogP contribution in [-0.4, -0.2) is 20.8 Å². The molecule has 0 bridgehead atoms. The molecular weight excluding hydrogens is 440 g/mol. The van der Waals surface area contributed by atoms with E-state index in [9.17, 15) is 9.59 Å². The fraction of sp³-hybridized carbons (Fsp3) is 0.412. The van der Waals surface area contributed by atoms with E-state index in [1.54, 1.807) is 33.5 Å². The van der Waals surface area contributed by atoms with Crippen molar-refractivity contribution < 1.29 is 5.11 Å². The van der Waals surface area contributed by atoms with Gasteiger partial charge in [0.25, 0.3) is 11.1 Å². The normalized spacial score (nSPS) is 10.2. The van der Waals surface area contributed by atoms with E-state index in [1.165, 1.54) is 6.07 Å². The minimum Gasteiger partial charge on any atom is -0.396 e. The van der Waals surface area contributed by atoms with Crippen molar-refractivity contribution in [3.8, 4) is 0 Å². The maximum Gasteiger partial charge on any atom is 0.250 e. The molecule has 24 heavy (non-hydrogen) atoms. The Balaban J connectivity index is 0.000000240. The third-order valence-electron chi connectivity index (χ3n) is 3.20. The lowest BCUT2D eigenvalue weighted by Gasteiger charge is -2.03. The molecule has 0 saturated carbocycles. The van der Waals surface area contributed by atoms with E-state index >= 15 is 0 Å². The molecule has 0 radical (unpaired) electrons. The lowest BCUT2D eigenvalue weighted by Crippen LogP contribution is -2.18. The van der Waals surface area contributed by atoms with Crippen molar-refractivity contribution in [2.75, 3.05) is 6.61 Å². The Labute approximate surface area is 158 Å². The lowest BCUT2D eigenvalue weighted by molar-refractivity contribution is 0.279. The number of rotatable bonds is 6. The van der Waals surface area contributed by atoms with Crippen molar-refractivity contribution >= 4 is 31.9 Å². The van der Waals surface area contributed by atoms with Crippen LogP contribution >= 0.6 is 31.9 Å². The molecule has 0 unspecified atom stereocenters. The summed E-state index contributed by atoms with van der Waals surface area (Å²) < 4.78 is 5.13. The number of aliphatic hydroxyl groups excluding tert-OH is 1. The number of hydrogen-bond donors (Lipinski definition) is 1. The number of aliphatic hydroxyl groups is 1. The minimum atomic E-state index is -0.0355. The molecule has 2 rings (SSSR count). The van der Waals surface area contributed by atoms with Crippen LogP contribution in [0.2, 0.25) is 0 Å². The molecule has 2 aromatic rings. The molecule has 0 saturated heterocycles. The number of nitrogens with zero attached hydrogens (tertiary/aromatic N) is 2. The van der Waals surface area contributed by atoms with Crippen LogP contribution in [0.4, 0.5) is 0 Å². The highest BCUT2D eigenvalue weighted by atomic mass is 79.9. The fourth-order valence-corrected chi connectivity index (χ4v) is 2.68. The average Bonchev–Trinajstić information content (AvgIpc) is 2.57. The van der Waals surface area contributed by atoms with Gasteiger partial charge < -0.3 is 14.2 Å². The summed E-state index contributed by atoms with van der Waals surface area (Å²) in [6.07, 6.45) is 6.32. The van der Waals surface area contributed by atoms with Gasteiger partial charge in [-0.3, -0.25) is 9.59 Å². The van der Waals surface area contributed by atoms with Gasteiger partial charge in [-0.2, -0.15) is 0 Å². The molecule has 0 atom stereocenters. The van der Waals surface area contributed by atoms with Crippen LogP contribution in [0.25, 0.3) is 0 Å². The van der Waals surface area contributed by atoms with E-state index in [-0.39, 0.29) is 17.7 Å². The number of aromatic nitrogens is 2. The van der Waals surface area contributed by atoms with Gasteiger partial charge >= 0.3 is 0 Å². The molecule has 0 aliphatic heterocycles. The second-order valence-electron chi connectivity index (χ2n) is 5.19. The van der Waals surface area contributed by atoms with Gasteiger partial charge in [0.15, 0.2) is 0 Å². The van der Waals surface area contributed by atoms with Gasteiger partial charge in [-0.15, -0.1) is 0 Å². The second-order valence-corrected chi connectivity index (χ2v) is 7.02. The van der Waals surface area contributed by atoms with Crippen molar-refractivity contribution in [3.05, 3.63) is 66.3 Å². The minimum absolute atomic E-state index is 0.0355. The molecular formula is C17H22Br2N2O3. The Morgan fingerprint density at radius 3 is 1.75 bits per heavy atom. The molecule has 0 fully saturated rings. The Morgan fingerprint density at radius 1 is 0.875 bits per heavy atom. The molecule has 0 spiro atoms. The summed E-state index contributed by atoms with van der Waals surface area (Å²) in [5.41, 5.74) is 0.0401. The largest absolute Gasteiger partial charge is 0.396 e. The van der Waals surface area contributed by atoms with Crippen LogP contribution in [0.15, 0.2) is 55.2 Å². The number of aryl methyl sites for hydroxylation is 2. The van der Waals surface area contributed by atoms with Crippen molar-refractivity contribution in [2.45, 2.75) is 39.3 Å². The van der Waals surface area contributed by atoms with E-state index in [0.29, 0.717) is 13.0 Å². The molecule has 0 aliphatic carbocycles. The molecule has 7 heteroatoms. The van der Waals surface area contributed by atoms with Gasteiger partial charge in [0.1, 0.15) is 0 Å². The van der Waals surface area contributed by atoms with Crippen LogP contribution in [-0.2, 0) is 13.1 Å². The monoisotopic (exact) mass is 460 g/mol. The summed E-state index contributed by atoms with van der Waals surface area (Å²) in [5, 5.41) is 8.56. The van der Waals surface area contributed by atoms with Crippen LogP contribution in [0, 0.1) is 0 Å². The second kappa shape index (κ2) is 11.4. The summed E-state index contributed by atoms with van der Waals surface area (Å²) in [6.45, 7) is 3.60. The SMILES string of the molecule is CCCCn1cc(Br)ccc1=O.O=c1ccc(Br)cn1CCCO. The maximum atomic E-state index is 11.2. The Kier molecular flexibility index (Phi) is 9.90. The van der Waals surface area contributed by atoms with E-state index in [0.717, 1.165) is 28.3 Å². The van der Waals surface area contributed by atoms with Crippen molar-refractivity contribution in [1.29, 1.82) is 0 Å². The van der Waals surface area contributed by atoms with Gasteiger partial charge in [-0.05, 0) is 56.8 Å². The van der Waals surface area contributed by atoms with Gasteiger partial charge in [0, 0.05) is 53.2 Å². The first-order chi connectivity index (χ1) is 11.5. The molecule has 2 heterocycles. The summed E-state index contributed by atoms with van der Waals surface area (Å²) in [4.78, 5) is 22.4. The number of pyridine rings is 2. The quantitative estimate of drug-likeness (QED) is 0.716. The molecule has 1 N–H and O–H groups in total. The molecule has 0 aliphatic rings. The molecule has 0 amide bonds. The third kappa shape index (κ3) is 7.59. The van der Waals surface area contributed by atoms with Crippen LogP contribution in [0.3, 0.4) is 0 Å². The predicted octanol–water partition coefficient (Wildman–Crippen LogP) is 3.40. The molecule has 132 valence electrons. The van der Waals surface area contributed by atoms with Gasteiger partial charge in [0.05, 0.1) is 0 Å². The van der Waals surface area contributed by atoms with E-state index in [2.05, 4.69) is 38.8 Å². The first-order valence-electron chi connectivity index (χ1n) is 7.80. The maximum absolute atomic E-state index is 11.2. The van der Waals surface area contributed by atoms with E-state index in [4.69, 9.17) is 5.11 Å². The highest BCUT2D eigenvalue weighted by Crippen LogP contribution is 2.05. The highest BCUT2D eigenvalue weighted by molar-refractivity contribution is 9.10. The zero-order valence-corrected chi connectivity index (χ0v) is 16.8. The summed E-state index contributed by atoms with van der Waals surface area (Å²) in [5.74, 6) is 0. The number of hydrogen-bond acceptors (Lipinski definition) is 3. The number of halogens is 2. The Morgan fingerprint density at radius 2 is 1.33 bits per heavy atom. The number of unbranched alkanes of at least 4 members (excludes halogenated alkanes) is 1. The van der Waals surface area contributed by atoms with Crippen LogP contribution in [0.1, 0.15) is 26.2 Å². The Bertz CT molecular complexity index is 678. The van der Waals surface area contributed by atoms with Crippen molar-refractivity contribution in [2.24, 2.45) is 0 Å². The van der Waals surface area contributed by atoms with Crippen molar-refractivity contribution in [1.82, 2.24) is 9.13 Å². The predicted molar refractivity (Wildman–Crippen MR) is 103 cm³/mol. The first-order valence-corrected chi connectivity index (χ1v) is 9.39. The highest BCUT2D eigenvalue weighted by Gasteiger charge is 1.95. The van der Waals surface area contributed by atoms with Crippen molar-refractivity contribution in [3.63, 3.8) is 0 Å². The van der Waals surface area contributed by atoms with E-state index < -0.39 is 0 Å². The average molecular weight is 462 g/mol. The van der Waals surface area contributed by atoms with Gasteiger partial charge in [-0.25, -0.2) is 0 Å². The molecule has 2 aromatic heterocycles. The lowest BCUT2D eigenvalue weighted by atomic mass is 10.3. The van der Waals surface area contributed by atoms with Gasteiger partial charge in [-0.1, -0.05) is 13.3 Å². The first kappa shape index (κ1) is 20.9. The fourth-order valence-electron chi connectivity index (χ4n) is 1.92. The van der Waals surface area contributed by atoms with Crippen LogP contribution in [0.5, 0.6) is 0 Å². The topological polar surface area (TPSA) is 64.2 Å².